The first-order valence-electron chi connectivity index (χ1n) is 7.56. The number of carbonyl (C=O) groups is 3. The molecule has 1 aliphatic rings. The van der Waals surface area contributed by atoms with E-state index in [1.807, 2.05) is 5.43 Å². The highest BCUT2D eigenvalue weighted by atomic mass is 35.5. The first kappa shape index (κ1) is 20.1. The number of carbonyl (C=O) groups excluding carboxylic acids is 3. The van der Waals surface area contributed by atoms with Gasteiger partial charge in [-0.3, -0.25) is 20.4 Å². The molecule has 0 saturated carbocycles. The molecule has 1 atom stereocenters. The minimum Gasteiger partial charge on any atom is -0.452 e. The molecule has 142 valence electrons. The van der Waals surface area contributed by atoms with Gasteiger partial charge in [0.2, 0.25) is 5.91 Å². The number of sulfone groups is 1. The Labute approximate surface area is 153 Å². The molecular formula is C15H16ClFN2O6S. The average molecular weight is 407 g/mol. The van der Waals surface area contributed by atoms with Gasteiger partial charge in [0.05, 0.1) is 17.1 Å². The van der Waals surface area contributed by atoms with Crippen molar-refractivity contribution in [2.75, 3.05) is 18.1 Å². The second-order valence-corrected chi connectivity index (χ2v) is 8.43. The third-order valence-electron chi connectivity index (χ3n) is 3.62. The van der Waals surface area contributed by atoms with Gasteiger partial charge in [-0.25, -0.2) is 17.6 Å². The van der Waals surface area contributed by atoms with Crippen LogP contribution in [0.4, 0.5) is 4.39 Å². The fraction of sp³-hybridized carbons (Fsp3) is 0.400. The highest BCUT2D eigenvalue weighted by Crippen LogP contribution is 2.21. The lowest BCUT2D eigenvalue weighted by Gasteiger charge is -2.10. The summed E-state index contributed by atoms with van der Waals surface area (Å²) in [6.45, 7) is -0.747. The Hall–Kier alpha value is -2.20. The van der Waals surface area contributed by atoms with E-state index in [0.29, 0.717) is 6.42 Å². The van der Waals surface area contributed by atoms with Crippen molar-refractivity contribution < 1.29 is 31.9 Å². The van der Waals surface area contributed by atoms with Crippen molar-refractivity contribution in [2.45, 2.75) is 12.8 Å². The average Bonchev–Trinajstić information content (AvgIpc) is 2.91. The Kier molecular flexibility index (Phi) is 6.54. The highest BCUT2D eigenvalue weighted by Gasteiger charge is 2.29. The predicted octanol–water partition coefficient (Wildman–Crippen LogP) is 0.608. The van der Waals surface area contributed by atoms with Gasteiger partial charge in [-0.05, 0) is 30.5 Å². The zero-order valence-electron chi connectivity index (χ0n) is 13.5. The van der Waals surface area contributed by atoms with E-state index in [1.54, 1.807) is 0 Å². The molecule has 2 N–H and O–H groups in total. The molecule has 0 aliphatic carbocycles. The first-order chi connectivity index (χ1) is 12.2. The summed E-state index contributed by atoms with van der Waals surface area (Å²) in [7, 11) is -3.09. The number of hydrazine groups is 1. The molecule has 1 fully saturated rings. The summed E-state index contributed by atoms with van der Waals surface area (Å²) in [5.74, 6) is -3.63. The Bertz CT molecular complexity index is 829. The molecule has 11 heteroatoms. The van der Waals surface area contributed by atoms with Crippen LogP contribution < -0.4 is 10.9 Å². The second-order valence-electron chi connectivity index (χ2n) is 5.77. The molecule has 1 aromatic carbocycles. The van der Waals surface area contributed by atoms with E-state index in [-0.39, 0.29) is 28.9 Å². The molecule has 8 nitrogen and oxygen atoms in total. The number of rotatable bonds is 5. The van der Waals surface area contributed by atoms with E-state index in [0.717, 1.165) is 12.1 Å². The molecule has 26 heavy (non-hydrogen) atoms. The van der Waals surface area contributed by atoms with E-state index >= 15 is 0 Å². The van der Waals surface area contributed by atoms with Gasteiger partial charge >= 0.3 is 5.97 Å². The highest BCUT2D eigenvalue weighted by molar-refractivity contribution is 7.91. The monoisotopic (exact) mass is 406 g/mol. The van der Waals surface area contributed by atoms with Crippen LogP contribution in [0, 0.1) is 11.7 Å². The smallest absolute Gasteiger partial charge is 0.341 e. The summed E-state index contributed by atoms with van der Waals surface area (Å²) in [4.78, 5) is 34.9. The van der Waals surface area contributed by atoms with Crippen molar-refractivity contribution in [1.29, 1.82) is 0 Å². The SMILES string of the molecule is O=C(COC(=O)c1cc(Cl)ccc1F)NNC(=O)C[C@H]1CCS(=O)(=O)C1. The van der Waals surface area contributed by atoms with Gasteiger partial charge in [-0.15, -0.1) is 0 Å². The number of nitrogens with one attached hydrogen (secondary N) is 2. The van der Waals surface area contributed by atoms with Crippen LogP contribution in [0.25, 0.3) is 0 Å². The number of hydrogen-bond acceptors (Lipinski definition) is 6. The third-order valence-corrected chi connectivity index (χ3v) is 5.70. The van der Waals surface area contributed by atoms with Crippen molar-refractivity contribution in [1.82, 2.24) is 10.9 Å². The zero-order valence-corrected chi connectivity index (χ0v) is 15.0. The normalized spacial score (nSPS) is 18.2. The molecule has 0 aromatic heterocycles. The third kappa shape index (κ3) is 5.95. The van der Waals surface area contributed by atoms with Gasteiger partial charge in [-0.1, -0.05) is 11.6 Å². The van der Waals surface area contributed by atoms with Gasteiger partial charge in [0.25, 0.3) is 5.91 Å². The number of benzene rings is 1. The molecule has 1 aliphatic heterocycles. The summed E-state index contributed by atoms with van der Waals surface area (Å²) >= 11 is 5.66. The van der Waals surface area contributed by atoms with E-state index < -0.39 is 45.6 Å². The van der Waals surface area contributed by atoms with Crippen molar-refractivity contribution >= 4 is 39.2 Å². The van der Waals surface area contributed by atoms with Crippen LogP contribution >= 0.6 is 11.6 Å². The molecule has 0 spiro atoms. The van der Waals surface area contributed by atoms with Crippen LogP contribution in [0.2, 0.25) is 5.02 Å². The molecule has 0 unspecified atom stereocenters. The summed E-state index contributed by atoms with van der Waals surface area (Å²) in [5, 5.41) is 0.129. The molecule has 2 rings (SSSR count). The lowest BCUT2D eigenvalue weighted by Crippen LogP contribution is -2.44. The van der Waals surface area contributed by atoms with E-state index in [1.165, 1.54) is 6.07 Å². The summed E-state index contributed by atoms with van der Waals surface area (Å²) < 4.78 is 40.8. The zero-order chi connectivity index (χ0) is 19.3. The number of hydrogen-bond donors (Lipinski definition) is 2. The van der Waals surface area contributed by atoms with E-state index in [9.17, 15) is 27.2 Å². The van der Waals surface area contributed by atoms with Crippen molar-refractivity contribution in [3.63, 3.8) is 0 Å². The Morgan fingerprint density at radius 3 is 2.58 bits per heavy atom. The number of amides is 2. The molecule has 1 saturated heterocycles. The van der Waals surface area contributed by atoms with Crippen molar-refractivity contribution in [2.24, 2.45) is 5.92 Å². The van der Waals surface area contributed by atoms with Crippen LogP contribution in [0.15, 0.2) is 18.2 Å². The quantitative estimate of drug-likeness (QED) is 0.546. The second kappa shape index (κ2) is 8.45. The van der Waals surface area contributed by atoms with E-state index in [4.69, 9.17) is 11.6 Å². The van der Waals surface area contributed by atoms with E-state index in [2.05, 4.69) is 10.2 Å². The standard InChI is InChI=1S/C15H16ClFN2O6S/c16-10-1-2-12(17)11(6-10)15(22)25-7-14(21)19-18-13(20)5-9-3-4-26(23,24)8-9/h1-2,6,9H,3-5,7-8H2,(H,18,20)(H,19,21)/t9-/m1/s1. The van der Waals surface area contributed by atoms with Gasteiger partial charge < -0.3 is 4.74 Å². The van der Waals surface area contributed by atoms with Crippen LogP contribution in [0.1, 0.15) is 23.2 Å². The van der Waals surface area contributed by atoms with Crippen molar-refractivity contribution in [3.8, 4) is 0 Å². The minimum absolute atomic E-state index is 0.0486. The summed E-state index contributed by atoms with van der Waals surface area (Å²) in [5.41, 5.74) is 3.71. The summed E-state index contributed by atoms with van der Waals surface area (Å²) in [6.07, 6.45) is 0.347. The first-order valence-corrected chi connectivity index (χ1v) is 9.76. The molecule has 0 bridgehead atoms. The minimum atomic E-state index is -3.09. The predicted molar refractivity (Wildman–Crippen MR) is 89.4 cm³/mol. The fourth-order valence-electron chi connectivity index (χ4n) is 2.38. The fourth-order valence-corrected chi connectivity index (χ4v) is 4.42. The maximum atomic E-state index is 13.5. The van der Waals surface area contributed by atoms with Gasteiger partial charge in [0, 0.05) is 11.4 Å². The lowest BCUT2D eigenvalue weighted by molar-refractivity contribution is -0.131. The molecule has 0 radical (unpaired) electrons. The molecule has 2 amide bonds. The number of halogens is 2. The number of esters is 1. The maximum absolute atomic E-state index is 13.5. The van der Waals surface area contributed by atoms with Crippen LogP contribution in [0.3, 0.4) is 0 Å². The molecule has 1 aromatic rings. The topological polar surface area (TPSA) is 119 Å². The Morgan fingerprint density at radius 2 is 1.92 bits per heavy atom. The molecular weight excluding hydrogens is 391 g/mol. The van der Waals surface area contributed by atoms with Crippen molar-refractivity contribution in [3.05, 3.63) is 34.6 Å². The lowest BCUT2D eigenvalue weighted by atomic mass is 10.1. The van der Waals surface area contributed by atoms with Crippen LogP contribution in [-0.2, 0) is 24.2 Å². The Morgan fingerprint density at radius 1 is 1.23 bits per heavy atom. The van der Waals surface area contributed by atoms with Crippen LogP contribution in [-0.4, -0.2) is 44.3 Å². The number of ether oxygens (including phenoxy) is 1. The maximum Gasteiger partial charge on any atom is 0.341 e. The van der Waals surface area contributed by atoms with Gasteiger partial charge in [0.15, 0.2) is 16.4 Å². The van der Waals surface area contributed by atoms with Gasteiger partial charge in [-0.2, -0.15) is 0 Å². The van der Waals surface area contributed by atoms with Crippen LogP contribution in [0.5, 0.6) is 0 Å². The largest absolute Gasteiger partial charge is 0.452 e. The molecule has 1 heterocycles. The summed E-state index contributed by atoms with van der Waals surface area (Å²) in [6, 6.07) is 3.31. The Balaban J connectivity index is 1.72. The van der Waals surface area contributed by atoms with Gasteiger partial charge in [0.1, 0.15) is 5.82 Å².